The third-order valence-electron chi connectivity index (χ3n) is 3.36. The Kier molecular flexibility index (Phi) is 3.11. The Hall–Kier alpha value is -2.42. The van der Waals surface area contributed by atoms with Crippen molar-refractivity contribution in [2.45, 2.75) is 19.8 Å². The first-order chi connectivity index (χ1) is 9.63. The Morgan fingerprint density at radius 2 is 1.65 bits per heavy atom. The van der Waals surface area contributed by atoms with Crippen molar-refractivity contribution in [3.63, 3.8) is 0 Å². The minimum absolute atomic E-state index is 0.333. The van der Waals surface area contributed by atoms with Crippen LogP contribution in [0.2, 0.25) is 0 Å². The number of rotatable bonds is 2. The number of hydrogen-bond donors (Lipinski definition) is 1. The van der Waals surface area contributed by atoms with Gasteiger partial charge in [0.15, 0.2) is 5.82 Å². The van der Waals surface area contributed by atoms with Crippen molar-refractivity contribution in [3.05, 3.63) is 54.2 Å². The summed E-state index contributed by atoms with van der Waals surface area (Å²) in [7, 11) is 0. The van der Waals surface area contributed by atoms with Crippen molar-refractivity contribution >= 4 is 16.6 Å². The van der Waals surface area contributed by atoms with Crippen molar-refractivity contribution in [2.24, 2.45) is 0 Å². The number of nitrogens with zero attached hydrogens (tertiary/aromatic N) is 2. The lowest BCUT2D eigenvalue weighted by Gasteiger charge is -2.09. The standard InChI is InChI=1S/C17H17N3/c1-11(2)15-10-16(18)20-17(19-15)14-8-7-12-5-3-4-6-13(12)9-14/h3-11H,1-2H3,(H2,18,19,20). The summed E-state index contributed by atoms with van der Waals surface area (Å²) in [6.07, 6.45) is 0. The van der Waals surface area contributed by atoms with E-state index >= 15 is 0 Å². The van der Waals surface area contributed by atoms with E-state index in [1.165, 1.54) is 10.8 Å². The van der Waals surface area contributed by atoms with Gasteiger partial charge in [-0.1, -0.05) is 50.2 Å². The van der Waals surface area contributed by atoms with Crippen LogP contribution in [0.3, 0.4) is 0 Å². The second kappa shape index (κ2) is 4.93. The Morgan fingerprint density at radius 3 is 2.40 bits per heavy atom. The molecular formula is C17H17N3. The average molecular weight is 263 g/mol. The van der Waals surface area contributed by atoms with Crippen LogP contribution >= 0.6 is 0 Å². The van der Waals surface area contributed by atoms with E-state index in [1.807, 2.05) is 24.3 Å². The van der Waals surface area contributed by atoms with Crippen molar-refractivity contribution in [1.29, 1.82) is 0 Å². The molecule has 3 aromatic rings. The van der Waals surface area contributed by atoms with E-state index in [4.69, 9.17) is 5.73 Å². The van der Waals surface area contributed by atoms with Crippen LogP contribution in [0, 0.1) is 0 Å². The Bertz CT molecular complexity index is 763. The number of nitrogens with two attached hydrogens (primary N) is 1. The van der Waals surface area contributed by atoms with Crippen molar-refractivity contribution in [3.8, 4) is 11.4 Å². The van der Waals surface area contributed by atoms with Gasteiger partial charge in [0, 0.05) is 17.3 Å². The van der Waals surface area contributed by atoms with Gasteiger partial charge < -0.3 is 5.73 Å². The lowest BCUT2D eigenvalue weighted by molar-refractivity contribution is 0.818. The van der Waals surface area contributed by atoms with Gasteiger partial charge in [0.2, 0.25) is 0 Å². The molecule has 0 fully saturated rings. The van der Waals surface area contributed by atoms with E-state index < -0.39 is 0 Å². The topological polar surface area (TPSA) is 51.8 Å². The molecule has 2 N–H and O–H groups in total. The predicted octanol–water partition coefficient (Wildman–Crippen LogP) is 4.00. The number of benzene rings is 2. The monoisotopic (exact) mass is 263 g/mol. The van der Waals surface area contributed by atoms with Gasteiger partial charge in [-0.3, -0.25) is 0 Å². The first kappa shape index (κ1) is 12.6. The van der Waals surface area contributed by atoms with Gasteiger partial charge in [0.1, 0.15) is 5.82 Å². The average Bonchev–Trinajstić information content (AvgIpc) is 2.46. The van der Waals surface area contributed by atoms with Gasteiger partial charge in [0.05, 0.1) is 0 Å². The van der Waals surface area contributed by atoms with Crippen LogP contribution in [0.1, 0.15) is 25.5 Å². The maximum atomic E-state index is 5.90. The van der Waals surface area contributed by atoms with Crippen LogP contribution < -0.4 is 5.73 Å². The first-order valence-corrected chi connectivity index (χ1v) is 6.77. The molecule has 100 valence electrons. The molecule has 0 amide bonds. The molecule has 0 unspecified atom stereocenters. The van der Waals surface area contributed by atoms with E-state index in [0.717, 1.165) is 11.3 Å². The van der Waals surface area contributed by atoms with E-state index in [-0.39, 0.29) is 0 Å². The molecule has 0 aliphatic heterocycles. The molecule has 0 aliphatic rings. The fourth-order valence-electron chi connectivity index (χ4n) is 2.24. The largest absolute Gasteiger partial charge is 0.384 e. The van der Waals surface area contributed by atoms with Crippen LogP contribution in [-0.2, 0) is 0 Å². The van der Waals surface area contributed by atoms with Gasteiger partial charge >= 0.3 is 0 Å². The summed E-state index contributed by atoms with van der Waals surface area (Å²) in [6.45, 7) is 4.21. The predicted molar refractivity (Wildman–Crippen MR) is 83.5 cm³/mol. The number of aromatic nitrogens is 2. The summed E-state index contributed by atoms with van der Waals surface area (Å²) in [5.41, 5.74) is 7.87. The van der Waals surface area contributed by atoms with E-state index in [2.05, 4.69) is 48.1 Å². The van der Waals surface area contributed by atoms with Crippen LogP contribution in [0.4, 0.5) is 5.82 Å². The highest BCUT2D eigenvalue weighted by atomic mass is 14.9. The van der Waals surface area contributed by atoms with E-state index in [9.17, 15) is 0 Å². The maximum absolute atomic E-state index is 5.90. The van der Waals surface area contributed by atoms with E-state index in [1.54, 1.807) is 0 Å². The molecule has 0 radical (unpaired) electrons. The molecule has 0 saturated carbocycles. The fraction of sp³-hybridized carbons (Fsp3) is 0.176. The third kappa shape index (κ3) is 2.35. The quantitative estimate of drug-likeness (QED) is 0.760. The Labute approximate surface area is 118 Å². The normalized spacial score (nSPS) is 11.2. The highest BCUT2D eigenvalue weighted by Gasteiger charge is 2.08. The summed E-state index contributed by atoms with van der Waals surface area (Å²) in [5.74, 6) is 1.55. The van der Waals surface area contributed by atoms with Crippen LogP contribution in [0.5, 0.6) is 0 Å². The summed E-state index contributed by atoms with van der Waals surface area (Å²) in [4.78, 5) is 8.98. The molecule has 3 heteroatoms. The Morgan fingerprint density at radius 1 is 0.900 bits per heavy atom. The zero-order valence-electron chi connectivity index (χ0n) is 11.7. The lowest BCUT2D eigenvalue weighted by atomic mass is 10.1. The molecule has 3 nitrogen and oxygen atoms in total. The second-order valence-electron chi connectivity index (χ2n) is 5.26. The lowest BCUT2D eigenvalue weighted by Crippen LogP contribution is -2.01. The first-order valence-electron chi connectivity index (χ1n) is 6.77. The minimum Gasteiger partial charge on any atom is -0.384 e. The summed E-state index contributed by atoms with van der Waals surface area (Å²) in [5, 5.41) is 2.39. The number of fused-ring (bicyclic) bond motifs is 1. The number of nitrogen functional groups attached to an aromatic ring is 1. The fourth-order valence-corrected chi connectivity index (χ4v) is 2.24. The zero-order valence-corrected chi connectivity index (χ0v) is 11.7. The van der Waals surface area contributed by atoms with Gasteiger partial charge in [-0.05, 0) is 22.8 Å². The number of anilines is 1. The molecular weight excluding hydrogens is 246 g/mol. The highest BCUT2D eigenvalue weighted by molar-refractivity contribution is 5.86. The van der Waals surface area contributed by atoms with Crippen LogP contribution in [0.15, 0.2) is 48.5 Å². The van der Waals surface area contributed by atoms with Gasteiger partial charge in [0.25, 0.3) is 0 Å². The van der Waals surface area contributed by atoms with Crippen LogP contribution in [-0.4, -0.2) is 9.97 Å². The van der Waals surface area contributed by atoms with Crippen molar-refractivity contribution in [2.75, 3.05) is 5.73 Å². The molecule has 0 atom stereocenters. The smallest absolute Gasteiger partial charge is 0.161 e. The van der Waals surface area contributed by atoms with Crippen LogP contribution in [0.25, 0.3) is 22.2 Å². The summed E-state index contributed by atoms with van der Waals surface area (Å²) in [6, 6.07) is 16.3. The molecule has 0 bridgehead atoms. The number of hydrogen-bond acceptors (Lipinski definition) is 3. The molecule has 1 heterocycles. The second-order valence-corrected chi connectivity index (χ2v) is 5.26. The zero-order chi connectivity index (χ0) is 14.1. The van der Waals surface area contributed by atoms with Gasteiger partial charge in [-0.2, -0.15) is 0 Å². The van der Waals surface area contributed by atoms with E-state index in [0.29, 0.717) is 17.6 Å². The molecule has 2 aromatic carbocycles. The SMILES string of the molecule is CC(C)c1cc(N)nc(-c2ccc3ccccc3c2)n1. The molecule has 0 saturated heterocycles. The highest BCUT2D eigenvalue weighted by Crippen LogP contribution is 2.24. The minimum atomic E-state index is 0.333. The molecule has 0 aliphatic carbocycles. The summed E-state index contributed by atoms with van der Waals surface area (Å²) < 4.78 is 0. The van der Waals surface area contributed by atoms with Crippen molar-refractivity contribution in [1.82, 2.24) is 9.97 Å². The maximum Gasteiger partial charge on any atom is 0.161 e. The molecule has 3 rings (SSSR count). The Balaban J connectivity index is 2.15. The van der Waals surface area contributed by atoms with Crippen molar-refractivity contribution < 1.29 is 0 Å². The summed E-state index contributed by atoms with van der Waals surface area (Å²) >= 11 is 0. The molecule has 20 heavy (non-hydrogen) atoms. The third-order valence-corrected chi connectivity index (χ3v) is 3.36. The molecule has 0 spiro atoms. The molecule has 1 aromatic heterocycles. The van der Waals surface area contributed by atoms with Gasteiger partial charge in [-0.15, -0.1) is 0 Å². The van der Waals surface area contributed by atoms with Gasteiger partial charge in [-0.25, -0.2) is 9.97 Å².